The Morgan fingerprint density at radius 1 is 1.04 bits per heavy atom. The summed E-state index contributed by atoms with van der Waals surface area (Å²) in [6.07, 6.45) is 10.4. The summed E-state index contributed by atoms with van der Waals surface area (Å²) in [5, 5.41) is 10.6. The number of aliphatic hydroxyl groups is 1. The van der Waals surface area contributed by atoms with Crippen LogP contribution in [-0.4, -0.2) is 48.7 Å². The van der Waals surface area contributed by atoms with Gasteiger partial charge in [-0.05, 0) is 33.1 Å². The molecule has 4 unspecified atom stereocenters. The molecule has 0 aromatic heterocycles. The van der Waals surface area contributed by atoms with Crippen LogP contribution in [0.3, 0.4) is 0 Å². The van der Waals surface area contributed by atoms with Gasteiger partial charge in [0.25, 0.3) is 0 Å². The van der Waals surface area contributed by atoms with E-state index in [0.717, 1.165) is 25.7 Å². The Morgan fingerprint density at radius 3 is 2.28 bits per heavy atom. The Hall–Kier alpha value is -0.460. The van der Waals surface area contributed by atoms with Gasteiger partial charge in [-0.25, -0.2) is 0 Å². The van der Waals surface area contributed by atoms with Gasteiger partial charge in [-0.2, -0.15) is 0 Å². The lowest BCUT2D eigenvalue weighted by Gasteiger charge is -2.26. The first-order valence-corrected chi connectivity index (χ1v) is 9.81. The minimum absolute atomic E-state index is 0.264. The maximum absolute atomic E-state index is 10.6. The highest BCUT2D eigenvalue weighted by atomic mass is 16.8. The Morgan fingerprint density at radius 2 is 1.64 bits per heavy atom. The third-order valence-corrected chi connectivity index (χ3v) is 5.07. The minimum atomic E-state index is -0.653. The second-order valence-corrected chi connectivity index (χ2v) is 7.68. The van der Waals surface area contributed by atoms with Gasteiger partial charge >= 0.3 is 0 Å². The molecule has 2 fully saturated rings. The fourth-order valence-corrected chi connectivity index (χ4v) is 3.78. The van der Waals surface area contributed by atoms with Crippen molar-refractivity contribution >= 4 is 0 Å². The van der Waals surface area contributed by atoms with E-state index in [0.29, 0.717) is 0 Å². The molecule has 0 saturated carbocycles. The van der Waals surface area contributed by atoms with Crippen LogP contribution >= 0.6 is 0 Å². The zero-order valence-corrected chi connectivity index (χ0v) is 16.1. The van der Waals surface area contributed by atoms with Gasteiger partial charge in [0, 0.05) is 7.11 Å². The third-order valence-electron chi connectivity index (χ3n) is 5.07. The van der Waals surface area contributed by atoms with E-state index in [1.807, 2.05) is 19.9 Å². The van der Waals surface area contributed by atoms with Crippen LogP contribution < -0.4 is 0 Å². The summed E-state index contributed by atoms with van der Waals surface area (Å²) in [5.41, 5.74) is 0. The molecule has 5 nitrogen and oxygen atoms in total. The van der Waals surface area contributed by atoms with Crippen molar-refractivity contribution in [3.05, 3.63) is 12.7 Å². The molecule has 5 atom stereocenters. The highest BCUT2D eigenvalue weighted by Gasteiger charge is 2.57. The molecule has 0 aromatic rings. The fourth-order valence-electron chi connectivity index (χ4n) is 3.78. The molecule has 0 bridgehead atoms. The molecule has 0 aliphatic carbocycles. The highest BCUT2D eigenvalue weighted by Crippen LogP contribution is 2.40. The molecule has 2 saturated heterocycles. The number of allylic oxidation sites excluding steroid dienone is 1. The molecule has 0 spiro atoms. The molecule has 25 heavy (non-hydrogen) atoms. The van der Waals surface area contributed by atoms with Gasteiger partial charge in [0.1, 0.15) is 18.3 Å². The summed E-state index contributed by atoms with van der Waals surface area (Å²) >= 11 is 0. The molecule has 0 aromatic carbocycles. The van der Waals surface area contributed by atoms with Gasteiger partial charge in [-0.3, -0.25) is 0 Å². The smallest absolute Gasteiger partial charge is 0.186 e. The van der Waals surface area contributed by atoms with Crippen LogP contribution in [-0.2, 0) is 18.9 Å². The zero-order valence-electron chi connectivity index (χ0n) is 16.1. The average Bonchev–Trinajstić information content (AvgIpc) is 3.05. The number of aliphatic hydroxyl groups excluding tert-OH is 1. The van der Waals surface area contributed by atoms with Gasteiger partial charge in [-0.1, -0.05) is 44.6 Å². The maximum Gasteiger partial charge on any atom is 0.186 e. The first-order valence-electron chi connectivity index (χ1n) is 9.81. The minimum Gasteiger partial charge on any atom is -0.390 e. The molecular weight excluding hydrogens is 320 g/mol. The average molecular weight is 357 g/mol. The first-order chi connectivity index (χ1) is 12.0. The van der Waals surface area contributed by atoms with Gasteiger partial charge in [0.2, 0.25) is 0 Å². The number of unbranched alkanes of at least 4 members (excludes halogenated alkanes) is 7. The molecule has 0 amide bonds. The molecule has 1 N–H and O–H groups in total. The maximum atomic E-state index is 10.6. The van der Waals surface area contributed by atoms with E-state index in [4.69, 9.17) is 18.9 Å². The van der Waals surface area contributed by atoms with Crippen molar-refractivity contribution in [2.45, 2.75) is 108 Å². The lowest BCUT2D eigenvalue weighted by molar-refractivity contribution is -0.237. The van der Waals surface area contributed by atoms with E-state index in [9.17, 15) is 5.11 Å². The Balaban J connectivity index is 1.64. The topological polar surface area (TPSA) is 57.2 Å². The summed E-state index contributed by atoms with van der Waals surface area (Å²) in [4.78, 5) is 0. The van der Waals surface area contributed by atoms with E-state index in [1.54, 1.807) is 7.11 Å². The van der Waals surface area contributed by atoms with E-state index < -0.39 is 18.2 Å². The number of hydrogen-bond donors (Lipinski definition) is 1. The van der Waals surface area contributed by atoms with Crippen molar-refractivity contribution in [3.8, 4) is 0 Å². The third kappa shape index (κ3) is 6.04. The quantitative estimate of drug-likeness (QED) is 0.424. The van der Waals surface area contributed by atoms with Crippen molar-refractivity contribution in [1.29, 1.82) is 0 Å². The van der Waals surface area contributed by atoms with Gasteiger partial charge in [0.05, 0.1) is 6.10 Å². The van der Waals surface area contributed by atoms with Crippen LogP contribution in [0.1, 0.15) is 71.6 Å². The van der Waals surface area contributed by atoms with Crippen molar-refractivity contribution in [1.82, 2.24) is 0 Å². The Labute approximate surface area is 152 Å². The predicted molar refractivity (Wildman–Crippen MR) is 97.3 cm³/mol. The van der Waals surface area contributed by atoms with E-state index >= 15 is 0 Å². The normalized spacial score (nSPS) is 31.8. The lowest BCUT2D eigenvalue weighted by Crippen LogP contribution is -2.38. The second kappa shape index (κ2) is 10.0. The van der Waals surface area contributed by atoms with Crippen molar-refractivity contribution in [2.75, 3.05) is 7.11 Å². The van der Waals surface area contributed by atoms with Crippen LogP contribution in [0.2, 0.25) is 0 Å². The summed E-state index contributed by atoms with van der Waals surface area (Å²) in [6.45, 7) is 7.52. The summed E-state index contributed by atoms with van der Waals surface area (Å²) in [5.74, 6) is -0.653. The monoisotopic (exact) mass is 356 g/mol. The molecule has 146 valence electrons. The molecule has 5 heteroatoms. The second-order valence-electron chi connectivity index (χ2n) is 7.68. The predicted octanol–water partition coefficient (Wildman–Crippen LogP) is 3.94. The molecule has 2 heterocycles. The zero-order chi connectivity index (χ0) is 18.3. The molecule has 2 aliphatic heterocycles. The highest BCUT2D eigenvalue weighted by molar-refractivity contribution is 4.97. The molecule has 0 radical (unpaired) electrons. The van der Waals surface area contributed by atoms with Gasteiger partial charge < -0.3 is 24.1 Å². The van der Waals surface area contributed by atoms with Gasteiger partial charge in [0.15, 0.2) is 12.1 Å². The number of rotatable bonds is 12. The fraction of sp³-hybridized carbons (Fsp3) is 0.900. The van der Waals surface area contributed by atoms with Crippen LogP contribution in [0.15, 0.2) is 12.7 Å². The molecule has 2 rings (SSSR count). The summed E-state index contributed by atoms with van der Waals surface area (Å²) in [6, 6.07) is 0. The van der Waals surface area contributed by atoms with Crippen LogP contribution in [0.25, 0.3) is 0 Å². The van der Waals surface area contributed by atoms with Crippen molar-refractivity contribution in [3.63, 3.8) is 0 Å². The van der Waals surface area contributed by atoms with Crippen LogP contribution in [0.4, 0.5) is 0 Å². The number of ether oxygens (including phenoxy) is 4. The van der Waals surface area contributed by atoms with Crippen LogP contribution in [0, 0.1) is 0 Å². The molecule has 2 aliphatic rings. The Kier molecular flexibility index (Phi) is 8.36. The van der Waals surface area contributed by atoms with E-state index in [1.165, 1.54) is 32.1 Å². The number of fused-ring (bicyclic) bond motifs is 1. The van der Waals surface area contributed by atoms with Gasteiger partial charge in [-0.15, -0.1) is 6.58 Å². The lowest BCUT2D eigenvalue weighted by atomic mass is 10.00. The van der Waals surface area contributed by atoms with E-state index in [-0.39, 0.29) is 18.3 Å². The standard InChI is InChI=1S/C20H36O5/c1-5-6-7-8-9-10-11-12-13-14-15(21)16-17-18(19(22-4)23-16)25-20(2,3)24-17/h5,15-19,21H,1,6-14H2,2-4H3/t15-,16?,17?,18?,19?/m1/s1. The number of methoxy groups -OCH3 is 1. The summed E-state index contributed by atoms with van der Waals surface area (Å²) in [7, 11) is 1.60. The summed E-state index contributed by atoms with van der Waals surface area (Å²) < 4.78 is 23.0. The van der Waals surface area contributed by atoms with Crippen molar-refractivity contribution < 1.29 is 24.1 Å². The Bertz CT molecular complexity index is 398. The van der Waals surface area contributed by atoms with Crippen molar-refractivity contribution in [2.24, 2.45) is 0 Å². The van der Waals surface area contributed by atoms with E-state index in [2.05, 4.69) is 6.58 Å². The first kappa shape index (κ1) is 20.8. The largest absolute Gasteiger partial charge is 0.390 e. The number of hydrogen-bond acceptors (Lipinski definition) is 5. The van der Waals surface area contributed by atoms with Crippen LogP contribution in [0.5, 0.6) is 0 Å². The SMILES string of the molecule is C=CCCCCCCCCC[C@@H](O)C1OC(OC)C2OC(C)(C)OC21. The molecular formula is C20H36O5.